The van der Waals surface area contributed by atoms with E-state index < -0.39 is 0 Å². The van der Waals surface area contributed by atoms with E-state index in [1.165, 1.54) is 0 Å². The largest absolute Gasteiger partial charge is 0.508 e. The Kier molecular flexibility index (Phi) is 3.98. The molecule has 0 aliphatic rings. The van der Waals surface area contributed by atoms with Gasteiger partial charge in [-0.2, -0.15) is 0 Å². The highest BCUT2D eigenvalue weighted by Crippen LogP contribution is 2.17. The Labute approximate surface area is 112 Å². The zero-order valence-corrected chi connectivity index (χ0v) is 10.6. The Morgan fingerprint density at radius 3 is 2.53 bits per heavy atom. The minimum absolute atomic E-state index is 0.0502. The van der Waals surface area contributed by atoms with Crippen LogP contribution in [-0.2, 0) is 0 Å². The molecule has 96 valence electrons. The molecular formula is C16H15NO2. The molecule has 0 fully saturated rings. The molecule has 0 amide bonds. The predicted octanol–water partition coefficient (Wildman–Crippen LogP) is 3.59. The first-order valence-electron chi connectivity index (χ1n) is 5.99. The average molecular weight is 253 g/mol. The number of carbonyl (C=O) groups excluding carboxylic acids is 1. The molecule has 3 heteroatoms. The fourth-order valence-corrected chi connectivity index (χ4v) is 1.73. The molecule has 0 atom stereocenters. The molecule has 2 rings (SSSR count). The van der Waals surface area contributed by atoms with Gasteiger partial charge < -0.3 is 10.4 Å². The molecule has 2 N–H and O–H groups in total. The number of hydrogen-bond donors (Lipinski definition) is 2. The van der Waals surface area contributed by atoms with Crippen LogP contribution >= 0.6 is 0 Å². The lowest BCUT2D eigenvalue weighted by Crippen LogP contribution is -2.01. The highest BCUT2D eigenvalue weighted by atomic mass is 16.3. The van der Waals surface area contributed by atoms with E-state index in [4.69, 9.17) is 0 Å². The molecule has 0 saturated carbocycles. The fourth-order valence-electron chi connectivity index (χ4n) is 1.73. The summed E-state index contributed by atoms with van der Waals surface area (Å²) in [6, 6.07) is 15.9. The highest BCUT2D eigenvalue weighted by Gasteiger charge is 2.02. The van der Waals surface area contributed by atoms with Crippen LogP contribution in [0.1, 0.15) is 17.3 Å². The molecule has 0 saturated heterocycles. The van der Waals surface area contributed by atoms with Crippen LogP contribution < -0.4 is 5.32 Å². The summed E-state index contributed by atoms with van der Waals surface area (Å²) in [6.45, 7) is 1.81. The first kappa shape index (κ1) is 12.9. The Bertz CT molecular complexity index is 603. The Hall–Kier alpha value is -2.55. The highest BCUT2D eigenvalue weighted by molar-refractivity contribution is 6.05. The van der Waals surface area contributed by atoms with Gasteiger partial charge in [0, 0.05) is 29.1 Å². The van der Waals surface area contributed by atoms with E-state index >= 15 is 0 Å². The van der Waals surface area contributed by atoms with Crippen molar-refractivity contribution in [3.8, 4) is 5.75 Å². The van der Waals surface area contributed by atoms with Crippen molar-refractivity contribution >= 4 is 11.5 Å². The van der Waals surface area contributed by atoms with Crippen LogP contribution in [0.25, 0.3) is 0 Å². The van der Waals surface area contributed by atoms with Gasteiger partial charge in [-0.25, -0.2) is 0 Å². The zero-order chi connectivity index (χ0) is 13.7. The van der Waals surface area contributed by atoms with E-state index in [9.17, 15) is 9.90 Å². The van der Waals surface area contributed by atoms with Crippen LogP contribution in [0.2, 0.25) is 0 Å². The van der Waals surface area contributed by atoms with Gasteiger partial charge in [0.1, 0.15) is 5.75 Å². The van der Waals surface area contributed by atoms with Crippen molar-refractivity contribution in [2.75, 3.05) is 5.32 Å². The Balaban J connectivity index is 2.09. The number of ketones is 1. The van der Waals surface area contributed by atoms with Gasteiger partial charge >= 0.3 is 0 Å². The minimum atomic E-state index is -0.0502. The van der Waals surface area contributed by atoms with E-state index in [1.807, 2.05) is 31.2 Å². The summed E-state index contributed by atoms with van der Waals surface area (Å²) in [5, 5.41) is 12.4. The van der Waals surface area contributed by atoms with Crippen molar-refractivity contribution in [1.29, 1.82) is 0 Å². The zero-order valence-electron chi connectivity index (χ0n) is 10.6. The van der Waals surface area contributed by atoms with Gasteiger partial charge in [0.05, 0.1) is 0 Å². The van der Waals surface area contributed by atoms with Gasteiger partial charge in [0.25, 0.3) is 0 Å². The van der Waals surface area contributed by atoms with Gasteiger partial charge in [-0.15, -0.1) is 0 Å². The fraction of sp³-hybridized carbons (Fsp3) is 0.0625. The number of hydrogen-bond acceptors (Lipinski definition) is 3. The molecule has 2 aromatic rings. The second kappa shape index (κ2) is 5.87. The molecule has 19 heavy (non-hydrogen) atoms. The molecule has 2 aromatic carbocycles. The SMILES string of the molecule is C/C(=C/C(=O)c1ccccc1)Nc1cccc(O)c1. The first-order valence-corrected chi connectivity index (χ1v) is 5.99. The number of phenolic OH excluding ortho intramolecular Hbond substituents is 1. The Morgan fingerprint density at radius 1 is 1.11 bits per heavy atom. The maximum Gasteiger partial charge on any atom is 0.187 e. The minimum Gasteiger partial charge on any atom is -0.508 e. The van der Waals surface area contributed by atoms with Crippen molar-refractivity contribution in [3.05, 3.63) is 71.9 Å². The molecule has 3 nitrogen and oxygen atoms in total. The van der Waals surface area contributed by atoms with Crippen LogP contribution in [0.3, 0.4) is 0 Å². The Morgan fingerprint density at radius 2 is 1.84 bits per heavy atom. The molecule has 0 aliphatic carbocycles. The van der Waals surface area contributed by atoms with Crippen molar-refractivity contribution in [2.45, 2.75) is 6.92 Å². The smallest absolute Gasteiger partial charge is 0.187 e. The van der Waals surface area contributed by atoms with E-state index in [2.05, 4.69) is 5.32 Å². The van der Waals surface area contributed by atoms with E-state index in [-0.39, 0.29) is 11.5 Å². The number of phenols is 1. The van der Waals surface area contributed by atoms with Crippen molar-refractivity contribution < 1.29 is 9.90 Å². The number of carbonyl (C=O) groups is 1. The maximum atomic E-state index is 11.9. The molecule has 0 heterocycles. The van der Waals surface area contributed by atoms with Gasteiger partial charge in [0.2, 0.25) is 0 Å². The lowest BCUT2D eigenvalue weighted by atomic mass is 10.1. The van der Waals surface area contributed by atoms with E-state index in [0.717, 1.165) is 11.4 Å². The van der Waals surface area contributed by atoms with Crippen molar-refractivity contribution in [1.82, 2.24) is 0 Å². The molecule has 0 bridgehead atoms. The number of nitrogens with one attached hydrogen (secondary N) is 1. The number of benzene rings is 2. The van der Waals surface area contributed by atoms with Crippen LogP contribution in [0, 0.1) is 0 Å². The standard InChI is InChI=1S/C16H15NO2/c1-12(17-14-8-5-9-15(18)11-14)10-16(19)13-6-3-2-4-7-13/h2-11,17-18H,1H3/b12-10-. The summed E-state index contributed by atoms with van der Waals surface area (Å²) in [7, 11) is 0. The second-order valence-electron chi connectivity index (χ2n) is 4.23. The predicted molar refractivity (Wildman–Crippen MR) is 76.3 cm³/mol. The molecule has 0 aliphatic heterocycles. The molecular weight excluding hydrogens is 238 g/mol. The van der Waals surface area contributed by atoms with Crippen LogP contribution in [0.5, 0.6) is 5.75 Å². The van der Waals surface area contributed by atoms with Gasteiger partial charge in [-0.05, 0) is 19.1 Å². The van der Waals surface area contributed by atoms with Crippen LogP contribution in [-0.4, -0.2) is 10.9 Å². The summed E-state index contributed by atoms with van der Waals surface area (Å²) in [5.74, 6) is 0.137. The lowest BCUT2D eigenvalue weighted by Gasteiger charge is -2.06. The van der Waals surface area contributed by atoms with Gasteiger partial charge in [0.15, 0.2) is 5.78 Å². The first-order chi connectivity index (χ1) is 9.15. The van der Waals surface area contributed by atoms with Gasteiger partial charge in [-0.3, -0.25) is 4.79 Å². The average Bonchev–Trinajstić information content (AvgIpc) is 2.39. The third-order valence-electron chi connectivity index (χ3n) is 2.59. The van der Waals surface area contributed by atoms with Crippen LogP contribution in [0.4, 0.5) is 5.69 Å². The van der Waals surface area contributed by atoms with Gasteiger partial charge in [-0.1, -0.05) is 36.4 Å². The summed E-state index contributed by atoms with van der Waals surface area (Å²) in [6.07, 6.45) is 1.54. The molecule has 0 spiro atoms. The lowest BCUT2D eigenvalue weighted by molar-refractivity contribution is 0.104. The number of anilines is 1. The summed E-state index contributed by atoms with van der Waals surface area (Å²) in [4.78, 5) is 11.9. The number of aromatic hydroxyl groups is 1. The monoisotopic (exact) mass is 253 g/mol. The van der Waals surface area contributed by atoms with Crippen molar-refractivity contribution in [3.63, 3.8) is 0 Å². The quantitative estimate of drug-likeness (QED) is 0.646. The number of allylic oxidation sites excluding steroid dienone is 2. The summed E-state index contributed by atoms with van der Waals surface area (Å²) >= 11 is 0. The molecule has 0 aromatic heterocycles. The number of rotatable bonds is 4. The molecule has 0 unspecified atom stereocenters. The normalized spacial score (nSPS) is 11.1. The van der Waals surface area contributed by atoms with E-state index in [1.54, 1.807) is 36.4 Å². The summed E-state index contributed by atoms with van der Waals surface area (Å²) < 4.78 is 0. The van der Waals surface area contributed by atoms with E-state index in [0.29, 0.717) is 5.56 Å². The van der Waals surface area contributed by atoms with Crippen LogP contribution in [0.15, 0.2) is 66.4 Å². The topological polar surface area (TPSA) is 49.3 Å². The second-order valence-corrected chi connectivity index (χ2v) is 4.23. The molecule has 0 radical (unpaired) electrons. The third-order valence-corrected chi connectivity index (χ3v) is 2.59. The van der Waals surface area contributed by atoms with Crippen molar-refractivity contribution in [2.24, 2.45) is 0 Å². The summed E-state index contributed by atoms with van der Waals surface area (Å²) in [5.41, 5.74) is 2.12. The third kappa shape index (κ3) is 3.71. The maximum absolute atomic E-state index is 11.9.